The van der Waals surface area contributed by atoms with Gasteiger partial charge in [-0.2, -0.15) is 12.7 Å². The van der Waals surface area contributed by atoms with E-state index in [2.05, 4.69) is 15.0 Å². The molecule has 3 aromatic heterocycles. The molecule has 4 aromatic rings. The normalized spacial score (nSPS) is 12.3. The van der Waals surface area contributed by atoms with E-state index in [9.17, 15) is 22.7 Å². The van der Waals surface area contributed by atoms with E-state index in [1.165, 1.54) is 19.4 Å². The predicted octanol–water partition coefficient (Wildman–Crippen LogP) is 3.97. The number of ketones is 1. The molecule has 0 saturated carbocycles. The van der Waals surface area contributed by atoms with Crippen molar-refractivity contribution in [2.24, 2.45) is 0 Å². The number of aliphatic hydroxyl groups is 1. The number of nitrogens with zero attached hydrogens (tertiary/aromatic N) is 3. The minimum absolute atomic E-state index is 0.0561. The zero-order valence-electron chi connectivity index (χ0n) is 20.5. The SMILES string of the molecule is CCN(C)S(=O)(=O)Nc1ccc(F)c(C(=O)c2c[nH]c3ncc(-c4cncc(C(C)(C)O)c4)cc23)c1F. The number of aromatic nitrogens is 3. The highest BCUT2D eigenvalue weighted by molar-refractivity contribution is 7.90. The maximum atomic E-state index is 15.3. The van der Waals surface area contributed by atoms with Crippen LogP contribution in [0.3, 0.4) is 0 Å². The van der Waals surface area contributed by atoms with Gasteiger partial charge in [-0.15, -0.1) is 0 Å². The molecular formula is C25H25F2N5O4S. The minimum Gasteiger partial charge on any atom is -0.386 e. The predicted molar refractivity (Wildman–Crippen MR) is 135 cm³/mol. The van der Waals surface area contributed by atoms with Gasteiger partial charge in [0.05, 0.1) is 16.9 Å². The molecule has 0 aliphatic rings. The summed E-state index contributed by atoms with van der Waals surface area (Å²) < 4.78 is 57.7. The molecule has 4 rings (SSSR count). The fourth-order valence-electron chi connectivity index (χ4n) is 3.64. The van der Waals surface area contributed by atoms with Gasteiger partial charge in [-0.3, -0.25) is 14.5 Å². The van der Waals surface area contributed by atoms with E-state index < -0.39 is 44.5 Å². The van der Waals surface area contributed by atoms with Crippen molar-refractivity contribution in [3.05, 3.63) is 77.4 Å². The molecule has 9 nitrogen and oxygen atoms in total. The monoisotopic (exact) mass is 529 g/mol. The summed E-state index contributed by atoms with van der Waals surface area (Å²) in [5.74, 6) is -3.47. The highest BCUT2D eigenvalue weighted by atomic mass is 32.2. The number of nitrogens with one attached hydrogen (secondary N) is 2. The topological polar surface area (TPSA) is 128 Å². The molecule has 0 radical (unpaired) electrons. The molecule has 0 atom stereocenters. The molecule has 1 aromatic carbocycles. The third kappa shape index (κ3) is 5.08. The van der Waals surface area contributed by atoms with Crippen molar-refractivity contribution in [1.82, 2.24) is 19.3 Å². The Morgan fingerprint density at radius 1 is 1.16 bits per heavy atom. The molecule has 12 heteroatoms. The molecule has 194 valence electrons. The van der Waals surface area contributed by atoms with Crippen molar-refractivity contribution in [3.8, 4) is 11.1 Å². The summed E-state index contributed by atoms with van der Waals surface area (Å²) in [5, 5.41) is 10.6. The van der Waals surface area contributed by atoms with Crippen LogP contribution in [0.25, 0.3) is 22.2 Å². The number of carbonyl (C=O) groups is 1. The van der Waals surface area contributed by atoms with Crippen molar-refractivity contribution in [2.45, 2.75) is 26.4 Å². The Balaban J connectivity index is 1.78. The fourth-order valence-corrected chi connectivity index (χ4v) is 4.57. The Bertz CT molecular complexity index is 1610. The van der Waals surface area contributed by atoms with Crippen LogP contribution < -0.4 is 4.72 Å². The third-order valence-electron chi connectivity index (χ3n) is 5.97. The van der Waals surface area contributed by atoms with Crippen LogP contribution in [0.1, 0.15) is 42.3 Å². The second-order valence-electron chi connectivity index (χ2n) is 8.98. The molecule has 0 amide bonds. The van der Waals surface area contributed by atoms with E-state index >= 15 is 4.39 Å². The molecular weight excluding hydrogens is 504 g/mol. The number of benzene rings is 1. The summed E-state index contributed by atoms with van der Waals surface area (Å²) in [6.07, 6.45) is 5.93. The summed E-state index contributed by atoms with van der Waals surface area (Å²) in [4.78, 5) is 24.6. The maximum Gasteiger partial charge on any atom is 0.301 e. The summed E-state index contributed by atoms with van der Waals surface area (Å²) in [7, 11) is -2.82. The quantitative estimate of drug-likeness (QED) is 0.296. The number of hydrogen-bond donors (Lipinski definition) is 3. The van der Waals surface area contributed by atoms with Crippen molar-refractivity contribution < 1.29 is 27.1 Å². The first-order valence-electron chi connectivity index (χ1n) is 11.3. The maximum absolute atomic E-state index is 15.3. The van der Waals surface area contributed by atoms with Crippen molar-refractivity contribution >= 4 is 32.7 Å². The van der Waals surface area contributed by atoms with E-state index in [4.69, 9.17) is 0 Å². The molecule has 0 unspecified atom stereocenters. The van der Waals surface area contributed by atoms with Gasteiger partial charge in [0.2, 0.25) is 5.78 Å². The lowest BCUT2D eigenvalue weighted by Crippen LogP contribution is -2.32. The number of halogens is 2. The van der Waals surface area contributed by atoms with Gasteiger partial charge in [0.25, 0.3) is 0 Å². The van der Waals surface area contributed by atoms with Gasteiger partial charge in [-0.25, -0.2) is 13.8 Å². The van der Waals surface area contributed by atoms with E-state index in [-0.39, 0.29) is 12.1 Å². The van der Waals surface area contributed by atoms with Crippen LogP contribution in [0.2, 0.25) is 0 Å². The third-order valence-corrected chi connectivity index (χ3v) is 7.52. The van der Waals surface area contributed by atoms with Crippen molar-refractivity contribution in [2.75, 3.05) is 18.3 Å². The largest absolute Gasteiger partial charge is 0.386 e. The smallest absolute Gasteiger partial charge is 0.301 e. The van der Waals surface area contributed by atoms with Crippen LogP contribution in [-0.2, 0) is 15.8 Å². The van der Waals surface area contributed by atoms with Crippen molar-refractivity contribution in [1.29, 1.82) is 0 Å². The van der Waals surface area contributed by atoms with E-state index in [1.54, 1.807) is 45.3 Å². The molecule has 37 heavy (non-hydrogen) atoms. The van der Waals surface area contributed by atoms with Crippen LogP contribution in [0.5, 0.6) is 0 Å². The number of fused-ring (bicyclic) bond motifs is 1. The number of pyridine rings is 2. The highest BCUT2D eigenvalue weighted by Gasteiger charge is 2.27. The summed E-state index contributed by atoms with van der Waals surface area (Å²) in [6, 6.07) is 5.09. The Hall–Kier alpha value is -3.74. The molecule has 0 spiro atoms. The fraction of sp³-hybridized carbons (Fsp3) is 0.240. The summed E-state index contributed by atoms with van der Waals surface area (Å²) >= 11 is 0. The van der Waals surface area contributed by atoms with Crippen LogP contribution in [-0.4, -0.2) is 52.2 Å². The molecule has 0 fully saturated rings. The Morgan fingerprint density at radius 2 is 1.86 bits per heavy atom. The lowest BCUT2D eigenvalue weighted by molar-refractivity contribution is 0.0782. The molecule has 0 aliphatic heterocycles. The summed E-state index contributed by atoms with van der Waals surface area (Å²) in [5.41, 5.74) is -0.613. The van der Waals surface area contributed by atoms with Crippen LogP contribution in [0.4, 0.5) is 14.5 Å². The zero-order chi connectivity index (χ0) is 27.1. The minimum atomic E-state index is -4.11. The standard InChI is InChI=1S/C25H25F2N5O4S/c1-5-32(4)37(35,36)31-20-7-6-19(26)21(22(20)27)23(33)18-13-30-24-17(18)9-15(11-29-24)14-8-16(12-28-10-14)25(2,3)34/h6-13,31,34H,5H2,1-4H3,(H,29,30). The lowest BCUT2D eigenvalue weighted by atomic mass is 9.96. The zero-order valence-corrected chi connectivity index (χ0v) is 21.3. The van der Waals surface area contributed by atoms with E-state index in [0.717, 1.165) is 16.4 Å². The van der Waals surface area contributed by atoms with Gasteiger partial charge in [0.1, 0.15) is 11.5 Å². The first-order valence-corrected chi connectivity index (χ1v) is 12.7. The number of aromatic amines is 1. The van der Waals surface area contributed by atoms with Crippen LogP contribution in [0, 0.1) is 11.6 Å². The highest BCUT2D eigenvalue weighted by Crippen LogP contribution is 2.31. The van der Waals surface area contributed by atoms with Gasteiger partial charge in [0, 0.05) is 66.0 Å². The first kappa shape index (κ1) is 26.3. The van der Waals surface area contributed by atoms with Gasteiger partial charge >= 0.3 is 10.2 Å². The van der Waals surface area contributed by atoms with Crippen LogP contribution >= 0.6 is 0 Å². The second kappa shape index (κ2) is 9.61. The van der Waals surface area contributed by atoms with Gasteiger partial charge in [-0.05, 0) is 38.1 Å². The number of rotatable bonds is 8. The first-order chi connectivity index (χ1) is 17.3. The Kier molecular flexibility index (Phi) is 6.84. The second-order valence-corrected chi connectivity index (χ2v) is 10.8. The average Bonchev–Trinajstić information content (AvgIpc) is 3.28. The molecule has 0 aliphatic carbocycles. The van der Waals surface area contributed by atoms with Crippen molar-refractivity contribution in [3.63, 3.8) is 0 Å². The van der Waals surface area contributed by atoms with Gasteiger partial charge in [0.15, 0.2) is 5.82 Å². The number of carbonyl (C=O) groups excluding carboxylic acids is 1. The summed E-state index contributed by atoms with van der Waals surface area (Å²) in [6.45, 7) is 4.94. The Labute approximate surface area is 212 Å². The lowest BCUT2D eigenvalue weighted by Gasteiger charge is -2.18. The number of H-pyrrole nitrogens is 1. The molecule has 3 N–H and O–H groups in total. The number of anilines is 1. The van der Waals surface area contributed by atoms with Gasteiger partial charge < -0.3 is 10.1 Å². The van der Waals surface area contributed by atoms with E-state index in [0.29, 0.717) is 27.7 Å². The number of hydrogen-bond acceptors (Lipinski definition) is 6. The average molecular weight is 530 g/mol. The van der Waals surface area contributed by atoms with Gasteiger partial charge in [-0.1, -0.05) is 6.92 Å². The molecule has 0 saturated heterocycles. The van der Waals surface area contributed by atoms with Crippen LogP contribution in [0.15, 0.2) is 49.1 Å². The Morgan fingerprint density at radius 3 is 2.54 bits per heavy atom. The van der Waals surface area contributed by atoms with E-state index in [1.807, 2.05) is 4.72 Å². The molecule has 3 heterocycles. The molecule has 0 bridgehead atoms.